The van der Waals surface area contributed by atoms with Crippen molar-refractivity contribution in [2.45, 2.75) is 116 Å². The Morgan fingerprint density at radius 2 is 1.83 bits per heavy atom. The van der Waals surface area contributed by atoms with Crippen LogP contribution in [-0.2, 0) is 42.0 Å². The summed E-state index contributed by atoms with van der Waals surface area (Å²) in [6, 6.07) is 17.7. The molecular formula is C54H63NO9. The first-order valence-corrected chi connectivity index (χ1v) is 22.9. The Morgan fingerprint density at radius 3 is 2.62 bits per heavy atom. The molecule has 0 amide bonds. The summed E-state index contributed by atoms with van der Waals surface area (Å²) in [5.74, 6) is 4.59. The summed E-state index contributed by atoms with van der Waals surface area (Å²) in [6.45, 7) is 4.31. The summed E-state index contributed by atoms with van der Waals surface area (Å²) >= 11 is 0. The first-order valence-electron chi connectivity index (χ1n) is 22.9. The number of aromatic hydroxyl groups is 1. The minimum absolute atomic E-state index is 0.0249. The molecule has 0 aromatic heterocycles. The second kappa shape index (κ2) is 21.8. The molecule has 64 heavy (non-hydrogen) atoms. The van der Waals surface area contributed by atoms with Gasteiger partial charge in [0.2, 0.25) is 0 Å². The topological polar surface area (TPSA) is 158 Å². The molecule has 10 nitrogen and oxygen atoms in total. The zero-order valence-electron chi connectivity index (χ0n) is 37.4. The fourth-order valence-corrected chi connectivity index (χ4v) is 9.42. The first kappa shape index (κ1) is 46.3. The van der Waals surface area contributed by atoms with Gasteiger partial charge in [-0.25, -0.2) is 0 Å². The molecule has 4 aliphatic rings. The Morgan fingerprint density at radius 1 is 0.969 bits per heavy atom. The third kappa shape index (κ3) is 11.3. The number of benzene rings is 4. The van der Waals surface area contributed by atoms with Gasteiger partial charge in [-0.05, 0) is 150 Å². The van der Waals surface area contributed by atoms with Crippen molar-refractivity contribution in [1.29, 1.82) is 0 Å². The number of methoxy groups -OCH3 is 1. The van der Waals surface area contributed by atoms with Crippen LogP contribution in [0, 0.1) is 23.9 Å². The smallest absolute Gasteiger partial charge is 0.161 e. The summed E-state index contributed by atoms with van der Waals surface area (Å²) in [5, 5.41) is 57.8. The zero-order chi connectivity index (χ0) is 45.2. The van der Waals surface area contributed by atoms with E-state index in [4.69, 9.17) is 14.2 Å². The SMILES string of the molecule is COc1ccc2cc1OCc1c(CO)cc3c(c(O)cc4c3c1C=C[C@H]4C)CC#CO[C@@H](C[C@H]1C=C(O)C(CCCO)=C[C@@H]1CCCCc1cccc(NC[C@H](C)O)c1)CC(=O)CC2. The van der Waals surface area contributed by atoms with E-state index in [9.17, 15) is 30.3 Å². The van der Waals surface area contributed by atoms with E-state index in [0.717, 1.165) is 70.0 Å². The quantitative estimate of drug-likeness (QED) is 0.0502. The Labute approximate surface area is 377 Å². The van der Waals surface area contributed by atoms with E-state index in [2.05, 4.69) is 54.6 Å². The van der Waals surface area contributed by atoms with E-state index in [1.54, 1.807) is 14.0 Å². The van der Waals surface area contributed by atoms with Crippen LogP contribution in [0.5, 0.6) is 17.2 Å². The molecule has 0 fully saturated rings. The molecule has 2 heterocycles. The normalized spacial score (nSPS) is 20.2. The molecule has 0 saturated carbocycles. The minimum atomic E-state index is -0.572. The number of nitrogens with one attached hydrogen (secondary N) is 1. The number of fused-ring (bicyclic) bond motifs is 9. The molecule has 4 aromatic carbocycles. The lowest BCUT2D eigenvalue weighted by Crippen LogP contribution is -2.25. The van der Waals surface area contributed by atoms with Gasteiger partial charge < -0.3 is 45.1 Å². The van der Waals surface area contributed by atoms with Crippen LogP contribution in [0.4, 0.5) is 5.69 Å². The minimum Gasteiger partial charge on any atom is -0.508 e. The molecule has 6 N–H and O–H groups in total. The van der Waals surface area contributed by atoms with Gasteiger partial charge in [0.25, 0.3) is 0 Å². The van der Waals surface area contributed by atoms with Crippen molar-refractivity contribution >= 4 is 28.3 Å². The van der Waals surface area contributed by atoms with Gasteiger partial charge in [-0.2, -0.15) is 0 Å². The maximum absolute atomic E-state index is 13.8. The summed E-state index contributed by atoms with van der Waals surface area (Å²) in [4.78, 5) is 13.8. The van der Waals surface area contributed by atoms with E-state index in [1.165, 1.54) is 5.56 Å². The number of carbonyl (C=O) groups is 1. The molecule has 10 heteroatoms. The Bertz CT molecular complexity index is 2450. The van der Waals surface area contributed by atoms with Crippen LogP contribution < -0.4 is 14.8 Å². The average molecular weight is 870 g/mol. The number of phenols is 1. The number of anilines is 1. The molecule has 0 saturated heterocycles. The Kier molecular flexibility index (Phi) is 15.7. The van der Waals surface area contributed by atoms with E-state index < -0.39 is 12.2 Å². The summed E-state index contributed by atoms with van der Waals surface area (Å²) in [7, 11) is 1.59. The molecule has 8 rings (SSSR count). The van der Waals surface area contributed by atoms with Crippen molar-refractivity contribution in [1.82, 2.24) is 0 Å². The van der Waals surface area contributed by atoms with Crippen LogP contribution in [0.2, 0.25) is 0 Å². The number of ether oxygens (including phenoxy) is 3. The molecular weight excluding hydrogens is 807 g/mol. The number of hydrogen-bond acceptors (Lipinski definition) is 10. The van der Waals surface area contributed by atoms with E-state index in [0.29, 0.717) is 54.9 Å². The number of rotatable bonds is 15. The van der Waals surface area contributed by atoms with Crippen molar-refractivity contribution in [3.8, 4) is 29.3 Å². The molecule has 4 aromatic rings. The van der Waals surface area contributed by atoms with Gasteiger partial charge in [0.1, 0.15) is 36.1 Å². The monoisotopic (exact) mass is 869 g/mol. The standard InChI is InChI=1S/C54H63NO9/c1-34-15-19-46-49-33-64-53-24-37(17-20-52(53)62-3)16-18-43(59)29-44(63-22-8-14-45-48(27-41(49)32-57)54(46)47(34)30-51(45)61)26-40-28-50(60)39(12-7-21-56)25-38(40)11-5-4-9-36-10-6-13-42(23-36)55-31-35(2)58/h6,10,13,15,17,19-20,23-25,27-28,30,34-35,38,40,44,55-58,60-61H,4-5,7,9,11-12,14,16,18,21,26,29,31-33H2,1-3H3/t34-,35+,38+,40+,44+/m1/s1. The van der Waals surface area contributed by atoms with E-state index in [-0.39, 0.29) is 74.1 Å². The molecule has 2 aliphatic heterocycles. The fourth-order valence-electron chi connectivity index (χ4n) is 9.42. The van der Waals surface area contributed by atoms with Crippen molar-refractivity contribution in [2.24, 2.45) is 11.8 Å². The van der Waals surface area contributed by atoms with E-state index in [1.807, 2.05) is 48.5 Å². The molecule has 2 aliphatic carbocycles. The number of hydrogen-bond donors (Lipinski definition) is 6. The zero-order valence-corrected chi connectivity index (χ0v) is 37.4. The maximum Gasteiger partial charge on any atom is 0.161 e. The lowest BCUT2D eigenvalue weighted by molar-refractivity contribution is -0.121. The number of allylic oxidation sites excluding steroid dienone is 4. The highest BCUT2D eigenvalue weighted by molar-refractivity contribution is 6.00. The van der Waals surface area contributed by atoms with Gasteiger partial charge in [-0.3, -0.25) is 4.79 Å². The maximum atomic E-state index is 13.8. The Hall–Kier alpha value is -5.73. The van der Waals surface area contributed by atoms with Gasteiger partial charge in [-0.1, -0.05) is 55.7 Å². The molecule has 0 unspecified atom stereocenters. The van der Waals surface area contributed by atoms with Crippen LogP contribution in [0.3, 0.4) is 0 Å². The van der Waals surface area contributed by atoms with Crippen molar-refractivity contribution < 1.29 is 44.5 Å². The number of carbonyl (C=O) groups excluding carboxylic acids is 1. The lowest BCUT2D eigenvalue weighted by Gasteiger charge is -2.30. The highest BCUT2D eigenvalue weighted by atomic mass is 16.5. The van der Waals surface area contributed by atoms with Crippen LogP contribution in [0.15, 0.2) is 84.2 Å². The lowest BCUT2D eigenvalue weighted by atomic mass is 9.77. The predicted molar refractivity (Wildman–Crippen MR) is 251 cm³/mol. The summed E-state index contributed by atoms with van der Waals surface area (Å²) in [6.07, 6.45) is 16.4. The number of aliphatic hydroxyl groups excluding tert-OH is 4. The summed E-state index contributed by atoms with van der Waals surface area (Å²) < 4.78 is 18.5. The molecule has 0 radical (unpaired) electrons. The summed E-state index contributed by atoms with van der Waals surface area (Å²) in [5.41, 5.74) is 8.02. The largest absolute Gasteiger partial charge is 0.508 e. The highest BCUT2D eigenvalue weighted by Gasteiger charge is 2.30. The first-order chi connectivity index (χ1) is 31.0. The van der Waals surface area contributed by atoms with Gasteiger partial charge in [-0.15, -0.1) is 0 Å². The number of aryl methyl sites for hydroxylation is 2. The predicted octanol–water partition coefficient (Wildman–Crippen LogP) is 9.53. The Balaban J connectivity index is 1.17. The van der Waals surface area contributed by atoms with Crippen LogP contribution in [-0.4, -0.2) is 63.8 Å². The van der Waals surface area contributed by atoms with Crippen LogP contribution >= 0.6 is 0 Å². The third-order valence-corrected chi connectivity index (χ3v) is 12.9. The fraction of sp³-hybridized carbons (Fsp3) is 0.426. The molecule has 5 atom stereocenters. The second-order valence-electron chi connectivity index (χ2n) is 17.6. The molecule has 338 valence electrons. The van der Waals surface area contributed by atoms with Gasteiger partial charge in [0, 0.05) is 55.1 Å². The number of aliphatic hydroxyl groups is 4. The molecule has 0 spiro atoms. The van der Waals surface area contributed by atoms with Crippen molar-refractivity contribution in [3.63, 3.8) is 0 Å². The third-order valence-electron chi connectivity index (χ3n) is 12.9. The number of phenolic OH excluding ortho intramolecular Hbond substituents is 1. The van der Waals surface area contributed by atoms with Crippen LogP contribution in [0.25, 0.3) is 16.8 Å². The highest BCUT2D eigenvalue weighted by Crippen LogP contribution is 2.44. The molecule has 6 bridgehead atoms. The van der Waals surface area contributed by atoms with Gasteiger partial charge in [0.15, 0.2) is 11.5 Å². The number of unbranched alkanes of at least 4 members (excludes halogenated alkanes) is 1. The van der Waals surface area contributed by atoms with Gasteiger partial charge in [0.05, 0.1) is 19.8 Å². The van der Waals surface area contributed by atoms with E-state index >= 15 is 0 Å². The number of ketones is 1. The van der Waals surface area contributed by atoms with Gasteiger partial charge >= 0.3 is 0 Å². The van der Waals surface area contributed by atoms with Crippen molar-refractivity contribution in [2.75, 3.05) is 25.6 Å². The second-order valence-corrected chi connectivity index (χ2v) is 17.6. The average Bonchev–Trinajstić information content (AvgIpc) is 3.28. The van der Waals surface area contributed by atoms with Crippen molar-refractivity contribution in [3.05, 3.63) is 123 Å². The number of Topliss-reactive ketones (excluding diaryl/α,β-unsaturated/α-hetero) is 1. The van der Waals surface area contributed by atoms with Crippen LogP contribution in [0.1, 0.15) is 110 Å².